The van der Waals surface area contributed by atoms with E-state index in [-0.39, 0.29) is 17.9 Å². The molecule has 0 aliphatic carbocycles. The fourth-order valence-corrected chi connectivity index (χ4v) is 3.21. The zero-order chi connectivity index (χ0) is 16.9. The van der Waals surface area contributed by atoms with E-state index in [0.717, 1.165) is 32.1 Å². The summed E-state index contributed by atoms with van der Waals surface area (Å²) in [5.74, 6) is 0.603. The Labute approximate surface area is 142 Å². The summed E-state index contributed by atoms with van der Waals surface area (Å²) >= 11 is 0. The van der Waals surface area contributed by atoms with Crippen molar-refractivity contribution in [2.24, 2.45) is 0 Å². The minimum Gasteiger partial charge on any atom is -0.495 e. The standard InChI is InChI=1S/C18H24N2O4/c1-23-15-9-8-13(19-18(22)16-6-3-5-11-24-16)12-14(15)20-10-4-2-7-17(20)21/h8-9,12,16H,2-7,10-11H2,1H3,(H,19,22). The third kappa shape index (κ3) is 3.70. The van der Waals surface area contributed by atoms with Gasteiger partial charge in [-0.15, -0.1) is 0 Å². The minimum atomic E-state index is -0.388. The molecule has 1 aromatic rings. The summed E-state index contributed by atoms with van der Waals surface area (Å²) in [6, 6.07) is 5.38. The molecule has 24 heavy (non-hydrogen) atoms. The molecular formula is C18H24N2O4. The first-order valence-electron chi connectivity index (χ1n) is 8.60. The molecule has 3 rings (SSSR count). The fraction of sp³-hybridized carbons (Fsp3) is 0.556. The van der Waals surface area contributed by atoms with Gasteiger partial charge in [0.15, 0.2) is 0 Å². The van der Waals surface area contributed by atoms with Crippen LogP contribution in [-0.2, 0) is 14.3 Å². The van der Waals surface area contributed by atoms with Crippen LogP contribution in [0.1, 0.15) is 38.5 Å². The van der Waals surface area contributed by atoms with E-state index in [1.165, 1.54) is 0 Å². The van der Waals surface area contributed by atoms with Crippen molar-refractivity contribution in [2.45, 2.75) is 44.6 Å². The average molecular weight is 332 g/mol. The molecule has 1 atom stereocenters. The number of nitrogens with one attached hydrogen (secondary N) is 1. The van der Waals surface area contributed by atoms with Crippen molar-refractivity contribution < 1.29 is 19.1 Å². The van der Waals surface area contributed by atoms with Crippen LogP contribution in [0.4, 0.5) is 11.4 Å². The Hall–Kier alpha value is -2.08. The number of hydrogen-bond acceptors (Lipinski definition) is 4. The summed E-state index contributed by atoms with van der Waals surface area (Å²) in [5, 5.41) is 2.90. The first kappa shape index (κ1) is 16.8. The summed E-state index contributed by atoms with van der Waals surface area (Å²) in [7, 11) is 1.58. The van der Waals surface area contributed by atoms with Gasteiger partial charge in [-0.05, 0) is 50.3 Å². The molecule has 1 aromatic carbocycles. The zero-order valence-corrected chi connectivity index (χ0v) is 14.0. The van der Waals surface area contributed by atoms with Crippen molar-refractivity contribution in [1.82, 2.24) is 0 Å². The van der Waals surface area contributed by atoms with Gasteiger partial charge in [0, 0.05) is 25.3 Å². The van der Waals surface area contributed by atoms with Gasteiger partial charge >= 0.3 is 0 Å². The van der Waals surface area contributed by atoms with Crippen molar-refractivity contribution in [2.75, 3.05) is 30.5 Å². The number of piperidine rings is 1. The molecule has 0 radical (unpaired) electrons. The average Bonchev–Trinajstić information content (AvgIpc) is 2.63. The predicted octanol–water partition coefficient (Wildman–Crippen LogP) is 2.72. The second-order valence-corrected chi connectivity index (χ2v) is 6.23. The number of ether oxygens (including phenoxy) is 2. The molecule has 6 nitrogen and oxygen atoms in total. The smallest absolute Gasteiger partial charge is 0.253 e. The van der Waals surface area contributed by atoms with Crippen molar-refractivity contribution in [3.63, 3.8) is 0 Å². The first-order chi connectivity index (χ1) is 11.7. The molecule has 0 aromatic heterocycles. The van der Waals surface area contributed by atoms with Gasteiger partial charge in [-0.3, -0.25) is 9.59 Å². The summed E-state index contributed by atoms with van der Waals surface area (Å²) in [5.41, 5.74) is 1.37. The Kier molecular flexibility index (Phi) is 5.35. The lowest BCUT2D eigenvalue weighted by Crippen LogP contribution is -2.36. The lowest BCUT2D eigenvalue weighted by Gasteiger charge is -2.28. The van der Waals surface area contributed by atoms with Crippen LogP contribution in [0.15, 0.2) is 18.2 Å². The lowest BCUT2D eigenvalue weighted by atomic mass is 10.1. The van der Waals surface area contributed by atoms with Gasteiger partial charge in [-0.2, -0.15) is 0 Å². The van der Waals surface area contributed by atoms with Crippen LogP contribution in [0.25, 0.3) is 0 Å². The quantitative estimate of drug-likeness (QED) is 0.920. The number of methoxy groups -OCH3 is 1. The Morgan fingerprint density at radius 2 is 2.17 bits per heavy atom. The topological polar surface area (TPSA) is 67.9 Å². The van der Waals surface area contributed by atoms with E-state index < -0.39 is 0 Å². The van der Waals surface area contributed by atoms with E-state index in [0.29, 0.717) is 36.7 Å². The van der Waals surface area contributed by atoms with E-state index >= 15 is 0 Å². The second-order valence-electron chi connectivity index (χ2n) is 6.23. The van der Waals surface area contributed by atoms with Crippen LogP contribution >= 0.6 is 0 Å². The molecule has 2 heterocycles. The summed E-state index contributed by atoms with van der Waals surface area (Å²) in [6.45, 7) is 1.31. The molecule has 2 aliphatic heterocycles. The monoisotopic (exact) mass is 332 g/mol. The summed E-state index contributed by atoms with van der Waals surface area (Å²) in [6.07, 6.45) is 4.83. The number of anilines is 2. The van der Waals surface area contributed by atoms with Crippen LogP contribution in [-0.4, -0.2) is 38.2 Å². The van der Waals surface area contributed by atoms with E-state index in [9.17, 15) is 9.59 Å². The number of carbonyl (C=O) groups is 2. The maximum absolute atomic E-state index is 12.3. The second kappa shape index (κ2) is 7.66. The number of amides is 2. The van der Waals surface area contributed by atoms with Crippen LogP contribution in [0.2, 0.25) is 0 Å². The zero-order valence-electron chi connectivity index (χ0n) is 14.0. The molecule has 1 unspecified atom stereocenters. The SMILES string of the molecule is COc1ccc(NC(=O)C2CCCCO2)cc1N1CCCCC1=O. The molecule has 2 saturated heterocycles. The highest BCUT2D eigenvalue weighted by Gasteiger charge is 2.25. The molecule has 0 saturated carbocycles. The molecule has 130 valence electrons. The van der Waals surface area contributed by atoms with Crippen LogP contribution in [0.5, 0.6) is 5.75 Å². The first-order valence-corrected chi connectivity index (χ1v) is 8.60. The van der Waals surface area contributed by atoms with Gasteiger partial charge in [0.2, 0.25) is 5.91 Å². The summed E-state index contributed by atoms with van der Waals surface area (Å²) in [4.78, 5) is 26.3. The molecule has 0 bridgehead atoms. The number of rotatable bonds is 4. The van der Waals surface area contributed by atoms with Gasteiger partial charge in [-0.25, -0.2) is 0 Å². The Balaban J connectivity index is 1.78. The molecule has 2 aliphatic rings. The third-order valence-corrected chi connectivity index (χ3v) is 4.53. The van der Waals surface area contributed by atoms with Crippen LogP contribution < -0.4 is 15.0 Å². The number of hydrogen-bond donors (Lipinski definition) is 1. The van der Waals surface area contributed by atoms with E-state index in [1.54, 1.807) is 24.1 Å². The van der Waals surface area contributed by atoms with Gasteiger partial charge in [-0.1, -0.05) is 0 Å². The van der Waals surface area contributed by atoms with E-state index in [1.807, 2.05) is 6.07 Å². The number of nitrogens with zero attached hydrogens (tertiary/aromatic N) is 1. The van der Waals surface area contributed by atoms with Gasteiger partial charge in [0.1, 0.15) is 11.9 Å². The largest absolute Gasteiger partial charge is 0.495 e. The Morgan fingerprint density at radius 1 is 1.29 bits per heavy atom. The fourth-order valence-electron chi connectivity index (χ4n) is 3.21. The highest BCUT2D eigenvalue weighted by molar-refractivity contribution is 5.98. The Morgan fingerprint density at radius 3 is 2.88 bits per heavy atom. The molecule has 2 amide bonds. The number of benzene rings is 1. The van der Waals surface area contributed by atoms with Crippen molar-refractivity contribution >= 4 is 23.2 Å². The van der Waals surface area contributed by atoms with Gasteiger partial charge in [0.05, 0.1) is 12.8 Å². The number of carbonyl (C=O) groups excluding carboxylic acids is 2. The maximum atomic E-state index is 12.3. The minimum absolute atomic E-state index is 0.0960. The van der Waals surface area contributed by atoms with Crippen molar-refractivity contribution in [1.29, 1.82) is 0 Å². The molecule has 0 spiro atoms. The molecular weight excluding hydrogens is 308 g/mol. The van der Waals surface area contributed by atoms with Crippen molar-refractivity contribution in [3.8, 4) is 5.75 Å². The molecule has 1 N–H and O–H groups in total. The Bertz CT molecular complexity index is 611. The highest BCUT2D eigenvalue weighted by atomic mass is 16.5. The maximum Gasteiger partial charge on any atom is 0.253 e. The van der Waals surface area contributed by atoms with Crippen LogP contribution in [0.3, 0.4) is 0 Å². The van der Waals surface area contributed by atoms with Crippen molar-refractivity contribution in [3.05, 3.63) is 18.2 Å². The molecule has 2 fully saturated rings. The van der Waals surface area contributed by atoms with Gasteiger partial charge in [0.25, 0.3) is 5.91 Å². The van der Waals surface area contributed by atoms with Gasteiger partial charge < -0.3 is 19.7 Å². The highest BCUT2D eigenvalue weighted by Crippen LogP contribution is 2.33. The normalized spacial score (nSPS) is 21.5. The summed E-state index contributed by atoms with van der Waals surface area (Å²) < 4.78 is 10.9. The third-order valence-electron chi connectivity index (χ3n) is 4.53. The predicted molar refractivity (Wildman–Crippen MR) is 91.4 cm³/mol. The van der Waals surface area contributed by atoms with E-state index in [2.05, 4.69) is 5.32 Å². The molecule has 6 heteroatoms. The van der Waals surface area contributed by atoms with Crippen LogP contribution in [0, 0.1) is 0 Å². The lowest BCUT2D eigenvalue weighted by molar-refractivity contribution is -0.130. The van der Waals surface area contributed by atoms with E-state index in [4.69, 9.17) is 9.47 Å².